The molecule has 1 N–H and O–H groups in total. The molecule has 194 valence electrons. The number of benzene rings is 3. The van der Waals surface area contributed by atoms with Crippen LogP contribution in [-0.2, 0) is 14.4 Å². The van der Waals surface area contributed by atoms with Crippen molar-refractivity contribution < 1.29 is 19.1 Å². The van der Waals surface area contributed by atoms with Gasteiger partial charge in [0.15, 0.2) is 0 Å². The third-order valence-electron chi connectivity index (χ3n) is 8.13. The SMILES string of the molecule is CCOc1ccc(NC(=O)[C@H](CCSC)N2C(=O)[C@H]3C4c5ccccc5C(c5ccccc54)[C@@H]3C2=O)cc1. The molecule has 3 aliphatic carbocycles. The second-order valence-electron chi connectivity index (χ2n) is 10.1. The molecular formula is C31H30N2O4S. The van der Waals surface area contributed by atoms with Crippen molar-refractivity contribution in [3.05, 3.63) is 95.1 Å². The Bertz CT molecular complexity index is 1290. The van der Waals surface area contributed by atoms with Crippen LogP contribution in [-0.4, -0.2) is 47.3 Å². The lowest BCUT2D eigenvalue weighted by atomic mass is 9.55. The van der Waals surface area contributed by atoms with E-state index in [1.807, 2.05) is 37.4 Å². The van der Waals surface area contributed by atoms with Gasteiger partial charge in [-0.25, -0.2) is 0 Å². The van der Waals surface area contributed by atoms with E-state index in [1.165, 1.54) is 4.90 Å². The molecular weight excluding hydrogens is 496 g/mol. The first-order chi connectivity index (χ1) is 18.5. The number of imide groups is 1. The van der Waals surface area contributed by atoms with E-state index in [1.54, 1.807) is 36.0 Å². The smallest absolute Gasteiger partial charge is 0.247 e. The molecule has 1 aliphatic heterocycles. The quantitative estimate of drug-likeness (QED) is 0.417. The highest BCUT2D eigenvalue weighted by Crippen LogP contribution is 2.61. The summed E-state index contributed by atoms with van der Waals surface area (Å²) in [6, 6.07) is 22.6. The van der Waals surface area contributed by atoms with Crippen molar-refractivity contribution in [3.63, 3.8) is 0 Å². The molecule has 3 aromatic rings. The Morgan fingerprint density at radius 1 is 0.868 bits per heavy atom. The number of carbonyl (C=O) groups is 3. The van der Waals surface area contributed by atoms with Gasteiger partial charge in [-0.15, -0.1) is 0 Å². The number of likely N-dealkylation sites (tertiary alicyclic amines) is 1. The summed E-state index contributed by atoms with van der Waals surface area (Å²) in [5, 5.41) is 2.94. The molecule has 0 unspecified atom stereocenters. The van der Waals surface area contributed by atoms with Gasteiger partial charge >= 0.3 is 0 Å². The average Bonchev–Trinajstić information content (AvgIpc) is 3.20. The van der Waals surface area contributed by atoms with Crippen LogP contribution in [0.15, 0.2) is 72.8 Å². The summed E-state index contributed by atoms with van der Waals surface area (Å²) in [7, 11) is 0. The monoisotopic (exact) mass is 526 g/mol. The minimum atomic E-state index is -0.870. The highest BCUT2D eigenvalue weighted by Gasteiger charge is 2.62. The molecule has 7 heteroatoms. The number of amides is 3. The van der Waals surface area contributed by atoms with E-state index >= 15 is 0 Å². The maximum Gasteiger partial charge on any atom is 0.247 e. The second kappa shape index (κ2) is 9.95. The molecule has 3 amide bonds. The molecule has 4 aliphatic rings. The summed E-state index contributed by atoms with van der Waals surface area (Å²) in [6.45, 7) is 2.47. The van der Waals surface area contributed by atoms with Crippen LogP contribution in [0.5, 0.6) is 5.75 Å². The lowest BCUT2D eigenvalue weighted by Gasteiger charge is -2.45. The number of carbonyl (C=O) groups excluding carboxylic acids is 3. The van der Waals surface area contributed by atoms with E-state index in [0.717, 1.165) is 22.3 Å². The third kappa shape index (κ3) is 3.83. The van der Waals surface area contributed by atoms with E-state index in [-0.39, 0.29) is 29.6 Å². The maximum atomic E-state index is 14.1. The molecule has 38 heavy (non-hydrogen) atoms. The number of nitrogens with zero attached hydrogens (tertiary/aromatic N) is 1. The fourth-order valence-corrected chi connectivity index (χ4v) is 7.10. The summed E-state index contributed by atoms with van der Waals surface area (Å²) in [5.41, 5.74) is 5.10. The Morgan fingerprint density at radius 2 is 1.37 bits per heavy atom. The Kier molecular flexibility index (Phi) is 6.48. The van der Waals surface area contributed by atoms with Gasteiger partial charge in [-0.2, -0.15) is 11.8 Å². The zero-order valence-corrected chi connectivity index (χ0v) is 22.2. The van der Waals surface area contributed by atoms with Crippen LogP contribution in [0.4, 0.5) is 5.69 Å². The standard InChI is InChI=1S/C31H30N2O4S/c1-3-37-19-14-12-18(13-15-19)32-29(34)24(16-17-38-2)33-30(35)27-25-20-8-4-5-9-21(20)26(28(27)31(33)36)23-11-7-6-10-22(23)25/h4-15,24-28H,3,16-17H2,1-2H3,(H,32,34)/t24-,25?,26?,27-,28-/m0/s1. The van der Waals surface area contributed by atoms with Gasteiger partial charge < -0.3 is 10.1 Å². The van der Waals surface area contributed by atoms with Gasteiger partial charge in [0.2, 0.25) is 17.7 Å². The van der Waals surface area contributed by atoms with E-state index < -0.39 is 17.9 Å². The van der Waals surface area contributed by atoms with Crippen LogP contribution in [0.1, 0.15) is 47.4 Å². The molecule has 2 bridgehead atoms. The topological polar surface area (TPSA) is 75.7 Å². The first-order valence-electron chi connectivity index (χ1n) is 13.1. The number of ether oxygens (including phenoxy) is 1. The van der Waals surface area contributed by atoms with Crippen molar-refractivity contribution in [1.29, 1.82) is 0 Å². The predicted octanol–water partition coefficient (Wildman–Crippen LogP) is 5.04. The number of rotatable bonds is 8. The lowest BCUT2D eigenvalue weighted by molar-refractivity contribution is -0.146. The first-order valence-corrected chi connectivity index (χ1v) is 14.5. The maximum absolute atomic E-state index is 14.1. The fraction of sp³-hybridized carbons (Fsp3) is 0.323. The normalized spacial score (nSPS) is 23.5. The molecule has 7 rings (SSSR count). The molecule has 1 saturated heterocycles. The summed E-state index contributed by atoms with van der Waals surface area (Å²) in [6.07, 6.45) is 2.36. The molecule has 3 aromatic carbocycles. The predicted molar refractivity (Wildman–Crippen MR) is 148 cm³/mol. The van der Waals surface area contributed by atoms with Gasteiger partial charge in [-0.3, -0.25) is 19.3 Å². The van der Waals surface area contributed by atoms with Gasteiger partial charge in [0.05, 0.1) is 18.4 Å². The Labute approximate surface area is 226 Å². The van der Waals surface area contributed by atoms with Crippen LogP contribution in [0.25, 0.3) is 0 Å². The zero-order valence-electron chi connectivity index (χ0n) is 21.4. The van der Waals surface area contributed by atoms with Crippen molar-refractivity contribution >= 4 is 35.2 Å². The van der Waals surface area contributed by atoms with Gasteiger partial charge in [-0.1, -0.05) is 48.5 Å². The van der Waals surface area contributed by atoms with Gasteiger partial charge in [0.1, 0.15) is 11.8 Å². The van der Waals surface area contributed by atoms with Crippen molar-refractivity contribution in [2.24, 2.45) is 11.8 Å². The number of hydrogen-bond acceptors (Lipinski definition) is 5. The number of hydrogen-bond donors (Lipinski definition) is 1. The van der Waals surface area contributed by atoms with Crippen LogP contribution >= 0.6 is 11.8 Å². The highest BCUT2D eigenvalue weighted by atomic mass is 32.2. The minimum absolute atomic E-state index is 0.186. The molecule has 1 heterocycles. The Balaban J connectivity index is 1.35. The zero-order chi connectivity index (χ0) is 26.4. The molecule has 0 aromatic heterocycles. The van der Waals surface area contributed by atoms with Crippen LogP contribution in [0, 0.1) is 11.8 Å². The molecule has 1 fully saturated rings. The van der Waals surface area contributed by atoms with Gasteiger partial charge in [0, 0.05) is 17.5 Å². The summed E-state index contributed by atoms with van der Waals surface area (Å²) in [4.78, 5) is 43.2. The average molecular weight is 527 g/mol. The van der Waals surface area contributed by atoms with Gasteiger partial charge in [0.25, 0.3) is 0 Å². The number of nitrogens with one attached hydrogen (secondary N) is 1. The lowest BCUT2D eigenvalue weighted by Crippen LogP contribution is -2.48. The van der Waals surface area contributed by atoms with Crippen molar-refractivity contribution in [2.75, 3.05) is 23.9 Å². The Hall–Kier alpha value is -3.58. The summed E-state index contributed by atoms with van der Waals surface area (Å²) < 4.78 is 5.50. The summed E-state index contributed by atoms with van der Waals surface area (Å²) >= 11 is 1.60. The molecule has 3 atom stereocenters. The molecule has 0 radical (unpaired) electrons. The first kappa shape index (κ1) is 24.7. The summed E-state index contributed by atoms with van der Waals surface area (Å²) in [5.74, 6) is -0.790. The van der Waals surface area contributed by atoms with Crippen LogP contribution in [0.3, 0.4) is 0 Å². The Morgan fingerprint density at radius 3 is 1.82 bits per heavy atom. The molecule has 0 spiro atoms. The van der Waals surface area contributed by atoms with E-state index in [0.29, 0.717) is 30.2 Å². The number of anilines is 1. The fourth-order valence-electron chi connectivity index (χ4n) is 6.64. The molecule has 0 saturated carbocycles. The second-order valence-corrected chi connectivity index (χ2v) is 11.0. The highest BCUT2D eigenvalue weighted by molar-refractivity contribution is 7.98. The third-order valence-corrected chi connectivity index (χ3v) is 8.77. The van der Waals surface area contributed by atoms with E-state index in [9.17, 15) is 14.4 Å². The van der Waals surface area contributed by atoms with E-state index in [2.05, 4.69) is 29.6 Å². The van der Waals surface area contributed by atoms with Crippen LogP contribution < -0.4 is 10.1 Å². The largest absolute Gasteiger partial charge is 0.494 e. The van der Waals surface area contributed by atoms with Crippen molar-refractivity contribution in [3.8, 4) is 5.75 Å². The van der Waals surface area contributed by atoms with Crippen molar-refractivity contribution in [2.45, 2.75) is 31.2 Å². The van der Waals surface area contributed by atoms with Gasteiger partial charge in [-0.05, 0) is 71.9 Å². The number of thioether (sulfide) groups is 1. The van der Waals surface area contributed by atoms with Crippen LogP contribution in [0.2, 0.25) is 0 Å². The van der Waals surface area contributed by atoms with Crippen molar-refractivity contribution in [1.82, 2.24) is 4.90 Å². The van der Waals surface area contributed by atoms with E-state index in [4.69, 9.17) is 4.74 Å². The minimum Gasteiger partial charge on any atom is -0.494 e. The molecule has 6 nitrogen and oxygen atoms in total.